The maximum absolute atomic E-state index is 12.6. The Morgan fingerprint density at radius 3 is 2.29 bits per heavy atom. The van der Waals surface area contributed by atoms with E-state index in [0.29, 0.717) is 26.6 Å². The number of hydrogen-bond donors (Lipinski definition) is 1. The molecular weight excluding hydrogens is 387 g/mol. The van der Waals surface area contributed by atoms with Gasteiger partial charge in [0.2, 0.25) is 0 Å². The molecule has 2 aromatic carbocycles. The van der Waals surface area contributed by atoms with Crippen molar-refractivity contribution < 1.29 is 23.1 Å². The highest BCUT2D eigenvalue weighted by molar-refractivity contribution is 9.10. The lowest BCUT2D eigenvalue weighted by atomic mass is 10.0. The Kier molecular flexibility index (Phi) is 4.04. The molecule has 24 heavy (non-hydrogen) atoms. The van der Waals surface area contributed by atoms with E-state index >= 15 is 0 Å². The topological polar surface area (TPSA) is 50.2 Å². The van der Waals surface area contributed by atoms with E-state index in [9.17, 15) is 23.1 Å². The SMILES string of the molecule is O=C(O)c1cc(-c2ccc(C(F)(F)F)cc2)nc2ccc(Br)cc12. The van der Waals surface area contributed by atoms with Gasteiger partial charge in [-0.25, -0.2) is 9.78 Å². The van der Waals surface area contributed by atoms with Crippen LogP contribution in [0.2, 0.25) is 0 Å². The molecule has 1 aromatic heterocycles. The van der Waals surface area contributed by atoms with E-state index in [1.807, 2.05) is 0 Å². The van der Waals surface area contributed by atoms with Crippen LogP contribution in [0.5, 0.6) is 0 Å². The Labute approximate surface area is 142 Å². The summed E-state index contributed by atoms with van der Waals surface area (Å²) in [6, 6.07) is 10.8. The summed E-state index contributed by atoms with van der Waals surface area (Å²) < 4.78 is 38.6. The average molecular weight is 396 g/mol. The number of carbonyl (C=O) groups is 1. The molecule has 1 N–H and O–H groups in total. The summed E-state index contributed by atoms with van der Waals surface area (Å²) in [6.45, 7) is 0. The molecule has 0 spiro atoms. The number of hydrogen-bond acceptors (Lipinski definition) is 2. The molecule has 7 heteroatoms. The molecule has 0 unspecified atom stereocenters. The molecule has 3 rings (SSSR count). The molecule has 0 aliphatic carbocycles. The highest BCUT2D eigenvalue weighted by Gasteiger charge is 2.30. The Hall–Kier alpha value is -2.41. The second kappa shape index (κ2) is 5.90. The van der Waals surface area contributed by atoms with E-state index < -0.39 is 17.7 Å². The first-order valence-corrected chi connectivity index (χ1v) is 7.56. The first kappa shape index (κ1) is 16.4. The average Bonchev–Trinajstić information content (AvgIpc) is 2.53. The Bertz CT molecular complexity index is 937. The maximum atomic E-state index is 12.6. The summed E-state index contributed by atoms with van der Waals surface area (Å²) in [4.78, 5) is 15.9. The van der Waals surface area contributed by atoms with Gasteiger partial charge in [-0.1, -0.05) is 28.1 Å². The van der Waals surface area contributed by atoms with Crippen molar-refractivity contribution in [1.29, 1.82) is 0 Å². The molecular formula is C17H9BrF3NO2. The zero-order valence-electron chi connectivity index (χ0n) is 11.9. The lowest BCUT2D eigenvalue weighted by Crippen LogP contribution is -2.04. The monoisotopic (exact) mass is 395 g/mol. The highest BCUT2D eigenvalue weighted by atomic mass is 79.9. The second-order valence-corrected chi connectivity index (χ2v) is 6.01. The number of halogens is 4. The number of carboxylic acid groups (broad SMARTS) is 1. The molecule has 0 aliphatic heterocycles. The number of alkyl halides is 3. The standard InChI is InChI=1S/C17H9BrF3NO2/c18-11-5-6-14-12(7-11)13(16(23)24)8-15(22-14)9-1-3-10(4-2-9)17(19,20)21/h1-8H,(H,23,24). The number of aromatic nitrogens is 1. The second-order valence-electron chi connectivity index (χ2n) is 5.10. The van der Waals surface area contributed by atoms with Gasteiger partial charge < -0.3 is 5.11 Å². The predicted octanol–water partition coefficient (Wildman–Crippen LogP) is 5.38. The van der Waals surface area contributed by atoms with Crippen LogP contribution < -0.4 is 0 Å². The van der Waals surface area contributed by atoms with Gasteiger partial charge in [-0.2, -0.15) is 13.2 Å². The minimum Gasteiger partial charge on any atom is -0.478 e. The van der Waals surface area contributed by atoms with Gasteiger partial charge in [-0.15, -0.1) is 0 Å². The summed E-state index contributed by atoms with van der Waals surface area (Å²) in [5, 5.41) is 9.86. The van der Waals surface area contributed by atoms with E-state index in [-0.39, 0.29) is 5.56 Å². The van der Waals surface area contributed by atoms with E-state index in [1.54, 1.807) is 18.2 Å². The third-order valence-electron chi connectivity index (χ3n) is 3.51. The highest BCUT2D eigenvalue weighted by Crippen LogP contribution is 2.32. The summed E-state index contributed by atoms with van der Waals surface area (Å²) in [5.74, 6) is -1.13. The molecule has 1 heterocycles. The van der Waals surface area contributed by atoms with Gasteiger partial charge in [0.1, 0.15) is 0 Å². The number of carboxylic acids is 1. The first-order chi connectivity index (χ1) is 11.3. The molecule has 0 amide bonds. The Balaban J connectivity index is 2.16. The molecule has 122 valence electrons. The van der Waals surface area contributed by atoms with Crippen LogP contribution in [0.1, 0.15) is 15.9 Å². The molecule has 3 aromatic rings. The van der Waals surface area contributed by atoms with Crippen molar-refractivity contribution in [2.75, 3.05) is 0 Å². The minimum atomic E-state index is -4.42. The Morgan fingerprint density at radius 2 is 1.71 bits per heavy atom. The number of aromatic carboxylic acids is 1. The fraction of sp³-hybridized carbons (Fsp3) is 0.0588. The van der Waals surface area contributed by atoms with E-state index in [2.05, 4.69) is 20.9 Å². The lowest BCUT2D eigenvalue weighted by molar-refractivity contribution is -0.137. The normalized spacial score (nSPS) is 11.7. The van der Waals surface area contributed by atoms with Crippen LogP contribution in [0.25, 0.3) is 22.2 Å². The van der Waals surface area contributed by atoms with Crippen LogP contribution in [0.15, 0.2) is 53.0 Å². The van der Waals surface area contributed by atoms with Gasteiger partial charge in [0, 0.05) is 15.4 Å². The number of rotatable bonds is 2. The van der Waals surface area contributed by atoms with Gasteiger partial charge in [0.15, 0.2) is 0 Å². The number of fused-ring (bicyclic) bond motifs is 1. The van der Waals surface area contributed by atoms with Crippen molar-refractivity contribution in [1.82, 2.24) is 4.98 Å². The van der Waals surface area contributed by atoms with Crippen LogP contribution in [-0.2, 0) is 6.18 Å². The van der Waals surface area contributed by atoms with Gasteiger partial charge in [0.05, 0.1) is 22.3 Å². The molecule has 3 nitrogen and oxygen atoms in total. The summed E-state index contributed by atoms with van der Waals surface area (Å²) >= 11 is 3.28. The van der Waals surface area contributed by atoms with Crippen LogP contribution in [0.3, 0.4) is 0 Å². The molecule has 0 radical (unpaired) electrons. The van der Waals surface area contributed by atoms with Crippen molar-refractivity contribution in [3.05, 3.63) is 64.1 Å². The van der Waals surface area contributed by atoms with Gasteiger partial charge in [-0.3, -0.25) is 0 Å². The van der Waals surface area contributed by atoms with Gasteiger partial charge in [0.25, 0.3) is 0 Å². The fourth-order valence-electron chi connectivity index (χ4n) is 2.35. The summed E-state index contributed by atoms with van der Waals surface area (Å²) in [7, 11) is 0. The number of pyridine rings is 1. The van der Waals surface area contributed by atoms with Crippen molar-refractivity contribution in [3.63, 3.8) is 0 Å². The molecule has 0 aliphatic rings. The van der Waals surface area contributed by atoms with Crippen molar-refractivity contribution in [2.24, 2.45) is 0 Å². The quantitative estimate of drug-likeness (QED) is 0.633. The van der Waals surface area contributed by atoms with Crippen LogP contribution >= 0.6 is 15.9 Å². The minimum absolute atomic E-state index is 0.0381. The van der Waals surface area contributed by atoms with Crippen molar-refractivity contribution >= 4 is 32.8 Å². The first-order valence-electron chi connectivity index (χ1n) is 6.77. The molecule has 0 atom stereocenters. The number of nitrogens with zero attached hydrogens (tertiary/aromatic N) is 1. The fourth-order valence-corrected chi connectivity index (χ4v) is 2.71. The molecule has 0 saturated carbocycles. The van der Waals surface area contributed by atoms with Gasteiger partial charge in [-0.05, 0) is 36.4 Å². The zero-order chi connectivity index (χ0) is 17.5. The number of benzene rings is 2. The summed E-state index contributed by atoms with van der Waals surface area (Å²) in [6.07, 6.45) is -4.42. The third-order valence-corrected chi connectivity index (χ3v) is 4.00. The van der Waals surface area contributed by atoms with Gasteiger partial charge >= 0.3 is 12.1 Å². The Morgan fingerprint density at radius 1 is 1.04 bits per heavy atom. The van der Waals surface area contributed by atoms with Crippen molar-refractivity contribution in [2.45, 2.75) is 6.18 Å². The maximum Gasteiger partial charge on any atom is 0.416 e. The van der Waals surface area contributed by atoms with Crippen molar-refractivity contribution in [3.8, 4) is 11.3 Å². The molecule has 0 fully saturated rings. The molecule has 0 bridgehead atoms. The zero-order valence-corrected chi connectivity index (χ0v) is 13.5. The van der Waals surface area contributed by atoms with E-state index in [4.69, 9.17) is 0 Å². The largest absolute Gasteiger partial charge is 0.478 e. The molecule has 0 saturated heterocycles. The lowest BCUT2D eigenvalue weighted by Gasteiger charge is -2.10. The predicted molar refractivity (Wildman–Crippen MR) is 86.8 cm³/mol. The van der Waals surface area contributed by atoms with E-state index in [1.165, 1.54) is 18.2 Å². The smallest absolute Gasteiger partial charge is 0.416 e. The van der Waals surface area contributed by atoms with Crippen LogP contribution in [0, 0.1) is 0 Å². The third kappa shape index (κ3) is 3.12. The summed E-state index contributed by atoms with van der Waals surface area (Å²) in [5.41, 5.74) is 0.435. The van der Waals surface area contributed by atoms with Crippen LogP contribution in [-0.4, -0.2) is 16.1 Å². The van der Waals surface area contributed by atoms with Crippen LogP contribution in [0.4, 0.5) is 13.2 Å². The van der Waals surface area contributed by atoms with E-state index in [0.717, 1.165) is 12.1 Å².